The molecular weight excluding hydrogens is 246 g/mol. The van der Waals surface area contributed by atoms with Crippen molar-refractivity contribution in [1.29, 1.82) is 0 Å². The van der Waals surface area contributed by atoms with Gasteiger partial charge in [-0.05, 0) is 38.3 Å². The van der Waals surface area contributed by atoms with Gasteiger partial charge in [0.05, 0.1) is 0 Å². The Kier molecular flexibility index (Phi) is 5.05. The van der Waals surface area contributed by atoms with Gasteiger partial charge in [0.25, 0.3) is 0 Å². The zero-order valence-electron chi connectivity index (χ0n) is 11.0. The first-order valence-electron chi connectivity index (χ1n) is 6.77. The monoisotopic (exact) mass is 266 g/mol. The van der Waals surface area contributed by atoms with Gasteiger partial charge >= 0.3 is 0 Å². The molecule has 2 rings (SSSR count). The summed E-state index contributed by atoms with van der Waals surface area (Å²) in [6.45, 7) is 1.06. The Morgan fingerprint density at radius 1 is 1.32 bits per heavy atom. The molecule has 1 atom stereocenters. The first-order chi connectivity index (χ1) is 9.20. The number of nitrogens with two attached hydrogens (primary N) is 1. The molecule has 0 amide bonds. The minimum atomic E-state index is -0.562. The van der Waals surface area contributed by atoms with Crippen LogP contribution in [0.25, 0.3) is 0 Å². The fourth-order valence-corrected chi connectivity index (χ4v) is 2.48. The molecule has 3 N–H and O–H groups in total. The van der Waals surface area contributed by atoms with E-state index in [-0.39, 0.29) is 6.04 Å². The molecule has 0 radical (unpaired) electrons. The smallest absolute Gasteiger partial charge is 0.130 e. The lowest BCUT2D eigenvalue weighted by Gasteiger charge is -2.18. The van der Waals surface area contributed by atoms with Gasteiger partial charge in [-0.2, -0.15) is 0 Å². The van der Waals surface area contributed by atoms with Crippen molar-refractivity contribution in [3.63, 3.8) is 0 Å². The zero-order valence-corrected chi connectivity index (χ0v) is 11.0. The predicted octanol–water partition coefficient (Wildman–Crippen LogP) is 3.05. The molecule has 1 unspecified atom stereocenters. The molecule has 0 aromatic heterocycles. The highest BCUT2D eigenvalue weighted by Crippen LogP contribution is 2.21. The third-order valence-corrected chi connectivity index (χ3v) is 3.55. The normalized spacial score (nSPS) is 16.5. The predicted molar refractivity (Wildman–Crippen MR) is 72.7 cm³/mol. The molecule has 19 heavy (non-hydrogen) atoms. The summed E-state index contributed by atoms with van der Waals surface area (Å²) < 4.78 is 26.5. The van der Waals surface area contributed by atoms with Crippen LogP contribution in [0.5, 0.6) is 0 Å². The van der Waals surface area contributed by atoms with Crippen LogP contribution < -0.4 is 11.1 Å². The van der Waals surface area contributed by atoms with Gasteiger partial charge in [0.1, 0.15) is 11.6 Å². The second kappa shape index (κ2) is 6.78. The lowest BCUT2D eigenvalue weighted by atomic mass is 10.1. The van der Waals surface area contributed by atoms with Crippen LogP contribution in [0.2, 0.25) is 0 Å². The number of nitrogens with one attached hydrogen (secondary N) is 1. The van der Waals surface area contributed by atoms with Crippen molar-refractivity contribution >= 4 is 0 Å². The number of benzene rings is 1. The van der Waals surface area contributed by atoms with Gasteiger partial charge in [0.15, 0.2) is 0 Å². The minimum Gasteiger partial charge on any atom is -0.329 e. The summed E-state index contributed by atoms with van der Waals surface area (Å²) in [6, 6.07) is 3.37. The Balaban J connectivity index is 1.91. The van der Waals surface area contributed by atoms with Crippen LogP contribution in [-0.2, 0) is 0 Å². The van der Waals surface area contributed by atoms with E-state index in [4.69, 9.17) is 5.73 Å². The highest BCUT2D eigenvalue weighted by atomic mass is 19.1. The maximum Gasteiger partial charge on any atom is 0.130 e. The summed E-state index contributed by atoms with van der Waals surface area (Å²) in [5, 5.41) is 3.24. The van der Waals surface area contributed by atoms with E-state index < -0.39 is 11.6 Å². The van der Waals surface area contributed by atoms with Gasteiger partial charge in [-0.1, -0.05) is 17.7 Å². The van der Waals surface area contributed by atoms with Crippen LogP contribution >= 0.6 is 0 Å². The maximum absolute atomic E-state index is 13.7. The lowest BCUT2D eigenvalue weighted by Crippen LogP contribution is -2.30. The Hall–Kier alpha value is -1.26. The second-order valence-electron chi connectivity index (χ2n) is 4.91. The summed E-state index contributed by atoms with van der Waals surface area (Å²) in [7, 11) is 0. The quantitative estimate of drug-likeness (QED) is 0.777. The van der Waals surface area contributed by atoms with Crippen LogP contribution in [0.3, 0.4) is 0 Å². The number of rotatable bonds is 6. The number of hydrogen-bond acceptors (Lipinski definition) is 2. The molecule has 1 aromatic carbocycles. The van der Waals surface area contributed by atoms with Gasteiger partial charge in [0, 0.05) is 24.2 Å². The SMILES string of the molecule is NCC(NCCC1=CCCC1)c1ccc(F)cc1F. The fraction of sp³-hybridized carbons (Fsp3) is 0.467. The Bertz CT molecular complexity index is 457. The topological polar surface area (TPSA) is 38.0 Å². The number of hydrogen-bond donors (Lipinski definition) is 2. The summed E-state index contributed by atoms with van der Waals surface area (Å²) in [4.78, 5) is 0. The molecule has 4 heteroatoms. The summed E-state index contributed by atoms with van der Waals surface area (Å²) in [5.74, 6) is -1.10. The van der Waals surface area contributed by atoms with E-state index in [0.29, 0.717) is 12.1 Å². The summed E-state index contributed by atoms with van der Waals surface area (Å²) in [5.41, 5.74) is 7.56. The average molecular weight is 266 g/mol. The molecule has 0 spiro atoms. The molecule has 2 nitrogen and oxygen atoms in total. The van der Waals surface area contributed by atoms with Gasteiger partial charge < -0.3 is 11.1 Å². The molecule has 104 valence electrons. The van der Waals surface area contributed by atoms with Crippen molar-refractivity contribution in [2.75, 3.05) is 13.1 Å². The average Bonchev–Trinajstić information content (AvgIpc) is 2.89. The Morgan fingerprint density at radius 3 is 2.79 bits per heavy atom. The first kappa shape index (κ1) is 14.2. The summed E-state index contributed by atoms with van der Waals surface area (Å²) >= 11 is 0. The van der Waals surface area contributed by atoms with Crippen LogP contribution in [-0.4, -0.2) is 13.1 Å². The molecule has 0 bridgehead atoms. The maximum atomic E-state index is 13.7. The van der Waals surface area contributed by atoms with Crippen LogP contribution in [0, 0.1) is 11.6 Å². The van der Waals surface area contributed by atoms with E-state index in [9.17, 15) is 8.78 Å². The molecule has 0 fully saturated rings. The Morgan fingerprint density at radius 2 is 2.16 bits per heavy atom. The van der Waals surface area contributed by atoms with Gasteiger partial charge in [-0.15, -0.1) is 0 Å². The van der Waals surface area contributed by atoms with E-state index >= 15 is 0 Å². The second-order valence-corrected chi connectivity index (χ2v) is 4.91. The van der Waals surface area contributed by atoms with Crippen LogP contribution in [0.1, 0.15) is 37.3 Å². The van der Waals surface area contributed by atoms with Crippen molar-refractivity contribution in [1.82, 2.24) is 5.32 Å². The molecule has 1 aliphatic rings. The van der Waals surface area contributed by atoms with E-state index in [2.05, 4.69) is 11.4 Å². The number of halogens is 2. The third kappa shape index (κ3) is 3.85. The van der Waals surface area contributed by atoms with Crippen molar-refractivity contribution in [3.05, 3.63) is 47.0 Å². The minimum absolute atomic E-state index is 0.261. The Labute approximate surface area is 112 Å². The molecule has 0 aliphatic heterocycles. The standard InChI is InChI=1S/C15H20F2N2/c16-12-5-6-13(14(17)9-12)15(10-18)19-8-7-11-3-1-2-4-11/h3,5-6,9,15,19H,1-2,4,7-8,10,18H2. The molecule has 0 saturated heterocycles. The van der Waals surface area contributed by atoms with Crippen molar-refractivity contribution in [2.24, 2.45) is 5.73 Å². The zero-order chi connectivity index (χ0) is 13.7. The van der Waals surface area contributed by atoms with Crippen LogP contribution in [0.15, 0.2) is 29.8 Å². The van der Waals surface area contributed by atoms with Crippen LogP contribution in [0.4, 0.5) is 8.78 Å². The van der Waals surface area contributed by atoms with Crippen molar-refractivity contribution in [3.8, 4) is 0 Å². The van der Waals surface area contributed by atoms with Crippen molar-refractivity contribution in [2.45, 2.75) is 31.7 Å². The number of allylic oxidation sites excluding steroid dienone is 1. The lowest BCUT2D eigenvalue weighted by molar-refractivity contribution is 0.500. The molecule has 0 saturated carbocycles. The van der Waals surface area contributed by atoms with Gasteiger partial charge in [-0.25, -0.2) is 8.78 Å². The first-order valence-corrected chi connectivity index (χ1v) is 6.77. The third-order valence-electron chi connectivity index (χ3n) is 3.55. The van der Waals surface area contributed by atoms with E-state index in [1.165, 1.54) is 37.0 Å². The molecule has 1 aliphatic carbocycles. The molecule has 1 aromatic rings. The highest BCUT2D eigenvalue weighted by Gasteiger charge is 2.14. The van der Waals surface area contributed by atoms with Gasteiger partial charge in [0.2, 0.25) is 0 Å². The van der Waals surface area contributed by atoms with Crippen molar-refractivity contribution < 1.29 is 8.78 Å². The van der Waals surface area contributed by atoms with Gasteiger partial charge in [-0.3, -0.25) is 0 Å². The van der Waals surface area contributed by atoms with E-state index in [0.717, 1.165) is 19.0 Å². The van der Waals surface area contributed by atoms with E-state index in [1.54, 1.807) is 0 Å². The fourth-order valence-electron chi connectivity index (χ4n) is 2.48. The van der Waals surface area contributed by atoms with E-state index in [1.807, 2.05) is 0 Å². The largest absolute Gasteiger partial charge is 0.329 e. The molecule has 0 heterocycles. The summed E-state index contributed by atoms with van der Waals surface area (Å²) in [6.07, 6.45) is 6.82. The molecular formula is C15H20F2N2. The highest BCUT2D eigenvalue weighted by molar-refractivity contribution is 5.22.